The summed E-state index contributed by atoms with van der Waals surface area (Å²) in [6, 6.07) is 9.85. The quantitative estimate of drug-likeness (QED) is 0.732. The van der Waals surface area contributed by atoms with Gasteiger partial charge in [-0.05, 0) is 19.4 Å². The highest BCUT2D eigenvalue weighted by atomic mass is 16.4. The Morgan fingerprint density at radius 2 is 1.96 bits per heavy atom. The van der Waals surface area contributed by atoms with Crippen LogP contribution in [-0.4, -0.2) is 36.5 Å². The average molecular weight is 353 g/mol. The van der Waals surface area contributed by atoms with Crippen LogP contribution in [0.3, 0.4) is 0 Å². The maximum atomic E-state index is 12.4. The number of carbonyl (C=O) groups excluding carboxylic acids is 1. The molecule has 0 radical (unpaired) electrons. The second-order valence-electron chi connectivity index (χ2n) is 6.14. The van der Waals surface area contributed by atoms with Crippen LogP contribution in [0.15, 0.2) is 36.5 Å². The number of rotatable bonds is 5. The van der Waals surface area contributed by atoms with Gasteiger partial charge in [0, 0.05) is 25.0 Å². The number of carboxylic acid groups (broad SMARTS) is 1. The molecule has 134 valence electrons. The summed E-state index contributed by atoms with van der Waals surface area (Å²) in [6.45, 7) is 4.50. The van der Waals surface area contributed by atoms with Gasteiger partial charge in [0.05, 0.1) is 12.1 Å². The van der Waals surface area contributed by atoms with Crippen molar-refractivity contribution >= 4 is 17.7 Å². The van der Waals surface area contributed by atoms with Gasteiger partial charge in [-0.3, -0.25) is 14.2 Å². The van der Waals surface area contributed by atoms with Crippen molar-refractivity contribution in [3.05, 3.63) is 64.6 Å². The first kappa shape index (κ1) is 17.4. The lowest BCUT2D eigenvalue weighted by atomic mass is 10.1. The minimum absolute atomic E-state index is 0.00844. The summed E-state index contributed by atoms with van der Waals surface area (Å²) >= 11 is 0. The molecule has 2 aromatic heterocycles. The molecule has 0 aliphatic heterocycles. The van der Waals surface area contributed by atoms with Crippen LogP contribution in [0.2, 0.25) is 0 Å². The number of amides is 1. The zero-order valence-corrected chi connectivity index (χ0v) is 14.7. The number of anilines is 1. The van der Waals surface area contributed by atoms with Crippen molar-refractivity contribution in [2.45, 2.75) is 20.4 Å². The fraction of sp³-hybridized carbons (Fsp3) is 0.222. The minimum Gasteiger partial charge on any atom is -0.476 e. The van der Waals surface area contributed by atoms with Gasteiger partial charge in [-0.2, -0.15) is 10.2 Å². The molecule has 0 atom stereocenters. The predicted octanol–water partition coefficient (Wildman–Crippen LogP) is 2.23. The van der Waals surface area contributed by atoms with Gasteiger partial charge in [-0.25, -0.2) is 4.79 Å². The number of aryl methyl sites for hydroxylation is 3. The maximum Gasteiger partial charge on any atom is 0.357 e. The van der Waals surface area contributed by atoms with E-state index in [1.807, 2.05) is 32.0 Å². The van der Waals surface area contributed by atoms with Gasteiger partial charge in [0.15, 0.2) is 11.5 Å². The van der Waals surface area contributed by atoms with E-state index in [9.17, 15) is 9.59 Å². The number of hydrogen-bond donors (Lipinski definition) is 2. The molecule has 0 bridgehead atoms. The molecule has 8 heteroatoms. The fourth-order valence-electron chi connectivity index (χ4n) is 2.71. The molecule has 0 aliphatic carbocycles. The normalized spacial score (nSPS) is 10.7. The van der Waals surface area contributed by atoms with E-state index in [0.29, 0.717) is 12.4 Å². The minimum atomic E-state index is -1.25. The van der Waals surface area contributed by atoms with Gasteiger partial charge in [-0.1, -0.05) is 29.8 Å². The Labute approximate surface area is 150 Å². The lowest BCUT2D eigenvalue weighted by Crippen LogP contribution is -2.16. The Kier molecular flexibility index (Phi) is 4.57. The largest absolute Gasteiger partial charge is 0.476 e. The molecule has 3 rings (SSSR count). The van der Waals surface area contributed by atoms with Crippen LogP contribution in [0.25, 0.3) is 0 Å². The molecule has 0 aliphatic rings. The Bertz CT molecular complexity index is 987. The summed E-state index contributed by atoms with van der Waals surface area (Å²) in [4.78, 5) is 23.6. The second-order valence-corrected chi connectivity index (χ2v) is 6.14. The zero-order chi connectivity index (χ0) is 18.8. The molecule has 0 spiro atoms. The fourth-order valence-corrected chi connectivity index (χ4v) is 2.71. The number of nitrogens with one attached hydrogen (secondary N) is 1. The number of hydrogen-bond acceptors (Lipinski definition) is 4. The number of benzene rings is 1. The van der Waals surface area contributed by atoms with E-state index in [1.165, 1.54) is 16.4 Å². The van der Waals surface area contributed by atoms with Crippen LogP contribution in [0.1, 0.15) is 37.7 Å². The summed E-state index contributed by atoms with van der Waals surface area (Å²) in [5.74, 6) is -1.45. The molecule has 0 saturated carbocycles. The molecule has 0 saturated heterocycles. The number of nitrogens with zero attached hydrogens (tertiary/aromatic N) is 4. The van der Waals surface area contributed by atoms with E-state index in [-0.39, 0.29) is 11.3 Å². The van der Waals surface area contributed by atoms with Gasteiger partial charge >= 0.3 is 5.97 Å². The van der Waals surface area contributed by atoms with Crippen molar-refractivity contribution < 1.29 is 14.7 Å². The Hall–Kier alpha value is -3.42. The zero-order valence-electron chi connectivity index (χ0n) is 14.7. The van der Waals surface area contributed by atoms with Crippen molar-refractivity contribution in [1.29, 1.82) is 0 Å². The van der Waals surface area contributed by atoms with E-state index in [4.69, 9.17) is 5.11 Å². The molecule has 2 N–H and O–H groups in total. The maximum absolute atomic E-state index is 12.4. The lowest BCUT2D eigenvalue weighted by molar-refractivity contribution is 0.0685. The van der Waals surface area contributed by atoms with Crippen LogP contribution in [0, 0.1) is 13.8 Å². The molecule has 1 aromatic carbocycles. The van der Waals surface area contributed by atoms with Gasteiger partial charge < -0.3 is 10.4 Å². The highest BCUT2D eigenvalue weighted by Crippen LogP contribution is 2.15. The van der Waals surface area contributed by atoms with E-state index < -0.39 is 11.9 Å². The van der Waals surface area contributed by atoms with E-state index in [2.05, 4.69) is 21.6 Å². The van der Waals surface area contributed by atoms with Crippen molar-refractivity contribution in [3.8, 4) is 0 Å². The average Bonchev–Trinajstić information content (AvgIpc) is 3.11. The van der Waals surface area contributed by atoms with Gasteiger partial charge in [0.25, 0.3) is 5.91 Å². The number of aromatic nitrogens is 4. The summed E-state index contributed by atoms with van der Waals surface area (Å²) in [5, 5.41) is 20.0. The molecule has 2 heterocycles. The molecule has 26 heavy (non-hydrogen) atoms. The Balaban J connectivity index is 1.79. The molecule has 0 unspecified atom stereocenters. The first-order valence-electron chi connectivity index (χ1n) is 8.02. The van der Waals surface area contributed by atoms with Crippen molar-refractivity contribution in [3.63, 3.8) is 0 Å². The molecule has 8 nitrogen and oxygen atoms in total. The molecular formula is C18H19N5O3. The summed E-state index contributed by atoms with van der Waals surface area (Å²) in [6.07, 6.45) is 1.37. The van der Waals surface area contributed by atoms with Crippen LogP contribution in [0.4, 0.5) is 5.82 Å². The van der Waals surface area contributed by atoms with Gasteiger partial charge in [-0.15, -0.1) is 0 Å². The monoisotopic (exact) mass is 353 g/mol. The van der Waals surface area contributed by atoms with E-state index in [0.717, 1.165) is 11.3 Å². The second kappa shape index (κ2) is 6.83. The van der Waals surface area contributed by atoms with Crippen LogP contribution < -0.4 is 5.32 Å². The highest BCUT2D eigenvalue weighted by Gasteiger charge is 2.21. The molecule has 3 aromatic rings. The summed E-state index contributed by atoms with van der Waals surface area (Å²) < 4.78 is 3.08. The SMILES string of the molecule is Cc1cccc(Cn2nc(NC(=O)c3cn(C)nc3C(=O)O)cc2C)c1. The summed E-state index contributed by atoms with van der Waals surface area (Å²) in [5.41, 5.74) is 2.85. The van der Waals surface area contributed by atoms with Crippen LogP contribution in [-0.2, 0) is 13.6 Å². The third-order valence-electron chi connectivity index (χ3n) is 3.91. The van der Waals surface area contributed by atoms with Gasteiger partial charge in [0.1, 0.15) is 0 Å². The standard InChI is InChI=1S/C18H19N5O3/c1-11-5-4-6-13(7-11)9-23-12(2)8-15(20-23)19-17(24)14-10-22(3)21-16(14)18(25)26/h4-8,10H,9H2,1-3H3,(H,25,26)(H,19,20,24). The smallest absolute Gasteiger partial charge is 0.357 e. The third kappa shape index (κ3) is 3.64. The summed E-state index contributed by atoms with van der Waals surface area (Å²) in [7, 11) is 1.56. The molecule has 1 amide bonds. The van der Waals surface area contributed by atoms with E-state index >= 15 is 0 Å². The van der Waals surface area contributed by atoms with Crippen molar-refractivity contribution in [2.24, 2.45) is 7.05 Å². The van der Waals surface area contributed by atoms with Crippen LogP contribution >= 0.6 is 0 Å². The topological polar surface area (TPSA) is 102 Å². The Morgan fingerprint density at radius 3 is 2.65 bits per heavy atom. The predicted molar refractivity (Wildman–Crippen MR) is 95.4 cm³/mol. The number of carbonyl (C=O) groups is 2. The Morgan fingerprint density at radius 1 is 1.19 bits per heavy atom. The van der Waals surface area contributed by atoms with E-state index in [1.54, 1.807) is 17.8 Å². The highest BCUT2D eigenvalue weighted by molar-refractivity contribution is 6.09. The third-order valence-corrected chi connectivity index (χ3v) is 3.91. The lowest BCUT2D eigenvalue weighted by Gasteiger charge is -2.05. The number of carboxylic acids is 1. The molecule has 0 fully saturated rings. The van der Waals surface area contributed by atoms with Crippen molar-refractivity contribution in [2.75, 3.05) is 5.32 Å². The first-order chi connectivity index (χ1) is 12.3. The van der Waals surface area contributed by atoms with Crippen LogP contribution in [0.5, 0.6) is 0 Å². The number of aromatic carboxylic acids is 1. The first-order valence-corrected chi connectivity index (χ1v) is 8.02. The molecular weight excluding hydrogens is 334 g/mol. The van der Waals surface area contributed by atoms with Crippen molar-refractivity contribution in [1.82, 2.24) is 19.6 Å². The van der Waals surface area contributed by atoms with Gasteiger partial charge in [0.2, 0.25) is 0 Å².